The molecule has 7 heteroatoms. The third-order valence-corrected chi connectivity index (χ3v) is 6.11. The molecule has 1 aromatic rings. The molecule has 4 unspecified atom stereocenters. The second-order valence-electron chi connectivity index (χ2n) is 7.23. The number of halogens is 1. The summed E-state index contributed by atoms with van der Waals surface area (Å²) in [5.74, 6) is 2.04. The summed E-state index contributed by atoms with van der Waals surface area (Å²) >= 11 is 6.05. The molecule has 0 radical (unpaired) electrons. The number of aliphatic imine (C=N–C) groups is 1. The topological polar surface area (TPSA) is 66.0 Å². The minimum Gasteiger partial charge on any atom is -0.374 e. The molecule has 0 saturated carbocycles. The molecule has 0 spiro atoms. The molecule has 0 aromatic heterocycles. The Hall–Kier alpha value is -1.79. The quantitative estimate of drug-likeness (QED) is 0.477. The van der Waals surface area contributed by atoms with Gasteiger partial charge in [-0.05, 0) is 25.0 Å². The van der Waals surface area contributed by atoms with Crippen molar-refractivity contribution in [1.29, 1.82) is 0 Å². The molecule has 6 nitrogen and oxygen atoms in total. The fraction of sp³-hybridized carbons (Fsp3) is 0.579. The molecular weight excluding hydrogens is 352 g/mol. The van der Waals surface area contributed by atoms with Crippen LogP contribution in [0, 0.1) is 11.8 Å². The van der Waals surface area contributed by atoms with Crippen LogP contribution in [0.4, 0.5) is 0 Å². The molecule has 2 bridgehead atoms. The van der Waals surface area contributed by atoms with E-state index in [0.29, 0.717) is 47.7 Å². The number of carbonyl (C=O) groups excluding carboxylic acids is 1. The van der Waals surface area contributed by atoms with Crippen molar-refractivity contribution in [2.75, 3.05) is 33.2 Å². The van der Waals surface area contributed by atoms with Gasteiger partial charge in [-0.15, -0.1) is 0 Å². The fourth-order valence-corrected chi connectivity index (χ4v) is 4.78. The SMILES string of the molecule is CN=C(NCCNC(=O)c1ccccc1Cl)N1CC2C3CCC(O3)C2C1. The van der Waals surface area contributed by atoms with Gasteiger partial charge in [0, 0.05) is 45.1 Å². The summed E-state index contributed by atoms with van der Waals surface area (Å²) in [6.07, 6.45) is 3.31. The highest BCUT2D eigenvalue weighted by molar-refractivity contribution is 6.33. The van der Waals surface area contributed by atoms with E-state index in [0.717, 1.165) is 19.0 Å². The maximum absolute atomic E-state index is 12.2. The van der Waals surface area contributed by atoms with Crippen molar-refractivity contribution in [3.05, 3.63) is 34.9 Å². The van der Waals surface area contributed by atoms with Crippen LogP contribution in [-0.2, 0) is 4.74 Å². The lowest BCUT2D eigenvalue weighted by Gasteiger charge is -2.23. The third-order valence-electron chi connectivity index (χ3n) is 5.78. The molecule has 3 aliphatic rings. The zero-order valence-electron chi connectivity index (χ0n) is 15.0. The van der Waals surface area contributed by atoms with Gasteiger partial charge in [0.15, 0.2) is 5.96 Å². The molecule has 26 heavy (non-hydrogen) atoms. The van der Waals surface area contributed by atoms with Gasteiger partial charge in [0.2, 0.25) is 0 Å². The number of nitrogens with zero attached hydrogens (tertiary/aromatic N) is 2. The van der Waals surface area contributed by atoms with E-state index < -0.39 is 0 Å². The first kappa shape index (κ1) is 17.6. The monoisotopic (exact) mass is 376 g/mol. The summed E-state index contributed by atoms with van der Waals surface area (Å²) in [7, 11) is 1.81. The number of nitrogens with one attached hydrogen (secondary N) is 2. The summed E-state index contributed by atoms with van der Waals surface area (Å²) in [6.45, 7) is 3.16. The van der Waals surface area contributed by atoms with Gasteiger partial charge in [-0.3, -0.25) is 9.79 Å². The van der Waals surface area contributed by atoms with E-state index in [9.17, 15) is 4.79 Å². The first-order chi connectivity index (χ1) is 12.7. The fourth-order valence-electron chi connectivity index (χ4n) is 4.56. The number of likely N-dealkylation sites (tertiary alicyclic amines) is 1. The van der Waals surface area contributed by atoms with E-state index in [1.54, 1.807) is 12.1 Å². The number of hydrogen-bond donors (Lipinski definition) is 2. The van der Waals surface area contributed by atoms with Crippen molar-refractivity contribution < 1.29 is 9.53 Å². The van der Waals surface area contributed by atoms with Crippen LogP contribution in [0.5, 0.6) is 0 Å². The van der Waals surface area contributed by atoms with Gasteiger partial charge in [0.1, 0.15) is 0 Å². The van der Waals surface area contributed by atoms with E-state index in [-0.39, 0.29) is 5.91 Å². The normalized spacial score (nSPS) is 29.8. The van der Waals surface area contributed by atoms with E-state index in [4.69, 9.17) is 16.3 Å². The van der Waals surface area contributed by atoms with Crippen molar-refractivity contribution in [2.24, 2.45) is 16.8 Å². The molecule has 4 rings (SSSR count). The minimum atomic E-state index is -0.156. The summed E-state index contributed by atoms with van der Waals surface area (Å²) in [5, 5.41) is 6.72. The van der Waals surface area contributed by atoms with Gasteiger partial charge in [-0.25, -0.2) is 0 Å². The van der Waals surface area contributed by atoms with Crippen molar-refractivity contribution in [2.45, 2.75) is 25.0 Å². The number of fused-ring (bicyclic) bond motifs is 5. The highest BCUT2D eigenvalue weighted by Crippen LogP contribution is 2.47. The third kappa shape index (κ3) is 3.28. The van der Waals surface area contributed by atoms with Crippen LogP contribution < -0.4 is 10.6 Å². The van der Waals surface area contributed by atoms with Gasteiger partial charge >= 0.3 is 0 Å². The first-order valence-corrected chi connectivity index (χ1v) is 9.69. The predicted molar refractivity (Wildman–Crippen MR) is 102 cm³/mol. The van der Waals surface area contributed by atoms with Crippen molar-refractivity contribution in [3.8, 4) is 0 Å². The van der Waals surface area contributed by atoms with Gasteiger partial charge in [-0.1, -0.05) is 23.7 Å². The number of carbonyl (C=O) groups is 1. The Kier molecular flexibility index (Phi) is 5.05. The number of guanidine groups is 1. The number of rotatable bonds is 4. The Labute approximate surface area is 158 Å². The van der Waals surface area contributed by atoms with Gasteiger partial charge in [-0.2, -0.15) is 0 Å². The van der Waals surface area contributed by atoms with E-state index in [1.165, 1.54) is 12.8 Å². The smallest absolute Gasteiger partial charge is 0.252 e. The lowest BCUT2D eigenvalue weighted by atomic mass is 9.82. The molecule has 3 saturated heterocycles. The van der Waals surface area contributed by atoms with Crippen LogP contribution in [-0.4, -0.2) is 62.2 Å². The average Bonchev–Trinajstić information content (AvgIpc) is 3.35. The number of amides is 1. The standard InChI is InChI=1S/C19H25ClN4O2/c1-21-19(24-10-13-14(11-24)17-7-6-16(13)26-17)23-9-8-22-18(25)12-4-2-3-5-15(12)20/h2-5,13-14,16-17H,6-11H2,1H3,(H,21,23)(H,22,25). The first-order valence-electron chi connectivity index (χ1n) is 9.31. The van der Waals surface area contributed by atoms with Gasteiger partial charge in [0.25, 0.3) is 5.91 Å². The van der Waals surface area contributed by atoms with Crippen molar-refractivity contribution in [1.82, 2.24) is 15.5 Å². The zero-order chi connectivity index (χ0) is 18.1. The number of ether oxygens (including phenoxy) is 1. The molecule has 1 aromatic carbocycles. The summed E-state index contributed by atoms with van der Waals surface area (Å²) in [4.78, 5) is 18.9. The molecule has 3 aliphatic heterocycles. The summed E-state index contributed by atoms with van der Waals surface area (Å²) < 4.78 is 6.03. The maximum atomic E-state index is 12.2. The van der Waals surface area contributed by atoms with E-state index >= 15 is 0 Å². The van der Waals surface area contributed by atoms with Crippen LogP contribution in [0.25, 0.3) is 0 Å². The Morgan fingerprint density at radius 3 is 2.50 bits per heavy atom. The van der Waals surface area contributed by atoms with Crippen LogP contribution in [0.15, 0.2) is 29.3 Å². The molecule has 3 heterocycles. The molecule has 1 amide bonds. The van der Waals surface area contributed by atoms with Crippen LogP contribution in [0.1, 0.15) is 23.2 Å². The number of hydrogen-bond acceptors (Lipinski definition) is 3. The second-order valence-corrected chi connectivity index (χ2v) is 7.64. The molecule has 0 aliphatic carbocycles. The predicted octanol–water partition coefficient (Wildman–Crippen LogP) is 1.75. The molecule has 140 valence electrons. The van der Waals surface area contributed by atoms with Crippen molar-refractivity contribution >= 4 is 23.5 Å². The highest BCUT2D eigenvalue weighted by Gasteiger charge is 2.53. The number of benzene rings is 1. The second kappa shape index (κ2) is 7.45. The lowest BCUT2D eigenvalue weighted by Crippen LogP contribution is -2.44. The minimum absolute atomic E-state index is 0.156. The highest BCUT2D eigenvalue weighted by atomic mass is 35.5. The van der Waals surface area contributed by atoms with Crippen LogP contribution in [0.3, 0.4) is 0 Å². The van der Waals surface area contributed by atoms with Crippen LogP contribution in [0.2, 0.25) is 5.02 Å². The molecule has 4 atom stereocenters. The van der Waals surface area contributed by atoms with E-state index in [2.05, 4.69) is 20.5 Å². The molecular formula is C19H25ClN4O2. The Morgan fingerprint density at radius 2 is 1.85 bits per heavy atom. The summed E-state index contributed by atoms with van der Waals surface area (Å²) in [5.41, 5.74) is 0.501. The lowest BCUT2D eigenvalue weighted by molar-refractivity contribution is 0.0767. The average molecular weight is 377 g/mol. The maximum Gasteiger partial charge on any atom is 0.252 e. The van der Waals surface area contributed by atoms with Gasteiger partial charge < -0.3 is 20.3 Å². The zero-order valence-corrected chi connectivity index (χ0v) is 15.7. The van der Waals surface area contributed by atoms with Gasteiger partial charge in [0.05, 0.1) is 22.8 Å². The molecule has 3 fully saturated rings. The summed E-state index contributed by atoms with van der Waals surface area (Å²) in [6, 6.07) is 7.07. The largest absolute Gasteiger partial charge is 0.374 e. The van der Waals surface area contributed by atoms with Crippen molar-refractivity contribution in [3.63, 3.8) is 0 Å². The van der Waals surface area contributed by atoms with Crippen LogP contribution >= 0.6 is 11.6 Å². The Morgan fingerprint density at radius 1 is 1.19 bits per heavy atom. The Bertz CT molecular complexity index is 693. The van der Waals surface area contributed by atoms with E-state index in [1.807, 2.05) is 19.2 Å². The molecule has 2 N–H and O–H groups in total. The Balaban J connectivity index is 1.24.